The summed E-state index contributed by atoms with van der Waals surface area (Å²) in [7, 11) is 0. The van der Waals surface area contributed by atoms with Gasteiger partial charge in [-0.05, 0) is 25.7 Å². The molecule has 182 valence electrons. The Kier molecular flexibility index (Phi) is 19.3. The number of rotatable bonds is 21. The lowest BCUT2D eigenvalue weighted by atomic mass is 10.1. The number of carboxylic acid groups (broad SMARTS) is 1. The monoisotopic (exact) mass is 440 g/mol. The van der Waals surface area contributed by atoms with E-state index in [1.54, 1.807) is 4.90 Å². The van der Waals surface area contributed by atoms with Crippen LogP contribution in [0, 0.1) is 0 Å². The maximum Gasteiger partial charge on any atom is 0.303 e. The van der Waals surface area contributed by atoms with Crippen LogP contribution < -0.4 is 5.32 Å². The number of carbonyl (C=O) groups excluding carboxylic acids is 2. The number of hydrogen-bond acceptors (Lipinski definition) is 3. The first-order chi connectivity index (χ1) is 15.0. The second-order valence-electron chi connectivity index (χ2n) is 8.66. The zero-order chi connectivity index (χ0) is 23.3. The minimum absolute atomic E-state index is 0.121. The molecule has 0 unspecified atom stereocenters. The van der Waals surface area contributed by atoms with E-state index in [0.717, 1.165) is 44.9 Å². The Morgan fingerprint density at radius 3 is 1.68 bits per heavy atom. The molecule has 0 bridgehead atoms. The van der Waals surface area contributed by atoms with Gasteiger partial charge in [0.2, 0.25) is 11.8 Å². The number of aliphatic carboxylic acids is 1. The van der Waals surface area contributed by atoms with Crippen LogP contribution in [0.25, 0.3) is 0 Å². The molecular weight excluding hydrogens is 392 g/mol. The summed E-state index contributed by atoms with van der Waals surface area (Å²) in [6.45, 7) is 7.70. The van der Waals surface area contributed by atoms with Gasteiger partial charge in [-0.15, -0.1) is 0 Å². The summed E-state index contributed by atoms with van der Waals surface area (Å²) in [5.41, 5.74) is 0. The molecule has 0 radical (unpaired) electrons. The number of nitrogens with one attached hydrogen (secondary N) is 1. The standard InChI is InChI=1S/C25H48N2O4/c1-4-7-10-11-12-13-14-15-16-17-23(28)26-22(18-19-24(29)30)25(31)27(20-8-5-2)21-9-6-3/h22H,4-21H2,1-3H3,(H,26,28)(H,29,30)/t22-/m0/s1. The van der Waals surface area contributed by atoms with Crippen LogP contribution in [0.15, 0.2) is 0 Å². The lowest BCUT2D eigenvalue weighted by Crippen LogP contribution is -2.49. The van der Waals surface area contributed by atoms with Gasteiger partial charge < -0.3 is 15.3 Å². The first kappa shape index (κ1) is 29.4. The SMILES string of the molecule is CCCCCCCCCCCC(=O)N[C@@H](CCC(=O)O)C(=O)N(CCCC)CCCC. The largest absolute Gasteiger partial charge is 0.481 e. The van der Waals surface area contributed by atoms with E-state index in [1.807, 2.05) is 0 Å². The molecule has 0 fully saturated rings. The van der Waals surface area contributed by atoms with Crippen LogP contribution in [0.5, 0.6) is 0 Å². The van der Waals surface area contributed by atoms with Crippen molar-refractivity contribution in [1.29, 1.82) is 0 Å². The molecule has 0 saturated heterocycles. The third-order valence-corrected chi connectivity index (χ3v) is 5.66. The zero-order valence-corrected chi connectivity index (χ0v) is 20.4. The molecule has 0 aliphatic heterocycles. The van der Waals surface area contributed by atoms with Gasteiger partial charge in [-0.1, -0.05) is 85.0 Å². The third kappa shape index (κ3) is 16.7. The second-order valence-corrected chi connectivity index (χ2v) is 8.66. The summed E-state index contributed by atoms with van der Waals surface area (Å²) in [6.07, 6.45) is 14.9. The van der Waals surface area contributed by atoms with E-state index in [9.17, 15) is 14.4 Å². The molecule has 6 heteroatoms. The van der Waals surface area contributed by atoms with Crippen LogP contribution in [0.4, 0.5) is 0 Å². The molecule has 0 heterocycles. The normalized spacial score (nSPS) is 11.8. The zero-order valence-electron chi connectivity index (χ0n) is 20.4. The van der Waals surface area contributed by atoms with E-state index in [1.165, 1.54) is 38.5 Å². The smallest absolute Gasteiger partial charge is 0.303 e. The van der Waals surface area contributed by atoms with Crippen LogP contribution >= 0.6 is 0 Å². The van der Waals surface area contributed by atoms with Crippen molar-refractivity contribution in [3.05, 3.63) is 0 Å². The Balaban J connectivity index is 4.50. The molecule has 1 atom stereocenters. The average Bonchev–Trinajstić information content (AvgIpc) is 2.75. The molecule has 31 heavy (non-hydrogen) atoms. The third-order valence-electron chi connectivity index (χ3n) is 5.66. The number of carbonyl (C=O) groups is 3. The highest BCUT2D eigenvalue weighted by molar-refractivity contribution is 5.88. The van der Waals surface area contributed by atoms with Crippen molar-refractivity contribution in [2.45, 2.75) is 130 Å². The molecule has 2 amide bonds. The van der Waals surface area contributed by atoms with E-state index in [-0.39, 0.29) is 24.7 Å². The minimum Gasteiger partial charge on any atom is -0.481 e. The average molecular weight is 441 g/mol. The molecule has 0 aromatic carbocycles. The molecule has 2 N–H and O–H groups in total. The maximum atomic E-state index is 13.0. The Labute approximate surface area is 190 Å². The fraction of sp³-hybridized carbons (Fsp3) is 0.880. The van der Waals surface area contributed by atoms with Gasteiger partial charge in [0.05, 0.1) is 0 Å². The molecule has 6 nitrogen and oxygen atoms in total. The first-order valence-electron chi connectivity index (χ1n) is 12.8. The van der Waals surface area contributed by atoms with Gasteiger partial charge >= 0.3 is 5.97 Å². The molecule has 0 saturated carbocycles. The van der Waals surface area contributed by atoms with Crippen molar-refractivity contribution in [3.63, 3.8) is 0 Å². The minimum atomic E-state index is -0.945. The number of amides is 2. The van der Waals surface area contributed by atoms with Crippen LogP contribution in [0.1, 0.15) is 124 Å². The van der Waals surface area contributed by atoms with E-state index in [2.05, 4.69) is 26.1 Å². The summed E-state index contributed by atoms with van der Waals surface area (Å²) in [5, 5.41) is 11.9. The van der Waals surface area contributed by atoms with Gasteiger partial charge in [-0.25, -0.2) is 0 Å². The summed E-state index contributed by atoms with van der Waals surface area (Å²) in [6, 6.07) is -0.740. The fourth-order valence-electron chi connectivity index (χ4n) is 3.64. The molecule has 0 aromatic rings. The van der Waals surface area contributed by atoms with Crippen molar-refractivity contribution in [1.82, 2.24) is 10.2 Å². The van der Waals surface area contributed by atoms with Crippen molar-refractivity contribution in [3.8, 4) is 0 Å². The predicted molar refractivity (Wildman–Crippen MR) is 127 cm³/mol. The molecule has 0 aromatic heterocycles. The highest BCUT2D eigenvalue weighted by atomic mass is 16.4. The number of unbranched alkanes of at least 4 members (excludes halogenated alkanes) is 10. The molecule has 0 spiro atoms. The van der Waals surface area contributed by atoms with E-state index < -0.39 is 12.0 Å². The lowest BCUT2D eigenvalue weighted by molar-refractivity contribution is -0.139. The second kappa shape index (κ2) is 20.3. The Morgan fingerprint density at radius 1 is 0.710 bits per heavy atom. The first-order valence-corrected chi connectivity index (χ1v) is 12.8. The highest BCUT2D eigenvalue weighted by Crippen LogP contribution is 2.11. The Morgan fingerprint density at radius 2 is 1.19 bits per heavy atom. The van der Waals surface area contributed by atoms with Crippen molar-refractivity contribution < 1.29 is 19.5 Å². The lowest BCUT2D eigenvalue weighted by Gasteiger charge is -2.28. The van der Waals surface area contributed by atoms with Gasteiger partial charge in [-0.3, -0.25) is 14.4 Å². The topological polar surface area (TPSA) is 86.7 Å². The van der Waals surface area contributed by atoms with Crippen LogP contribution in [0.2, 0.25) is 0 Å². The van der Waals surface area contributed by atoms with E-state index in [4.69, 9.17) is 5.11 Å². The van der Waals surface area contributed by atoms with Crippen molar-refractivity contribution in [2.24, 2.45) is 0 Å². The molecule has 0 rings (SSSR count). The molecular formula is C25H48N2O4. The van der Waals surface area contributed by atoms with Gasteiger partial charge in [0, 0.05) is 25.9 Å². The van der Waals surface area contributed by atoms with Gasteiger partial charge in [0.15, 0.2) is 0 Å². The van der Waals surface area contributed by atoms with Crippen LogP contribution in [0.3, 0.4) is 0 Å². The highest BCUT2D eigenvalue weighted by Gasteiger charge is 2.26. The summed E-state index contributed by atoms with van der Waals surface area (Å²) in [4.78, 5) is 38.3. The maximum absolute atomic E-state index is 13.0. The van der Waals surface area contributed by atoms with Crippen LogP contribution in [-0.2, 0) is 14.4 Å². The Bertz CT molecular complexity index is 474. The van der Waals surface area contributed by atoms with E-state index >= 15 is 0 Å². The van der Waals surface area contributed by atoms with E-state index in [0.29, 0.717) is 19.5 Å². The number of nitrogens with zero attached hydrogens (tertiary/aromatic N) is 1. The summed E-state index contributed by atoms with van der Waals surface area (Å²) < 4.78 is 0. The van der Waals surface area contributed by atoms with Crippen molar-refractivity contribution in [2.75, 3.05) is 13.1 Å². The van der Waals surface area contributed by atoms with Gasteiger partial charge in [0.25, 0.3) is 0 Å². The summed E-state index contributed by atoms with van der Waals surface area (Å²) in [5.74, 6) is -1.22. The predicted octanol–water partition coefficient (Wildman–Crippen LogP) is 5.69. The Hall–Kier alpha value is -1.59. The van der Waals surface area contributed by atoms with Gasteiger partial charge in [0.1, 0.15) is 6.04 Å². The number of carboxylic acids is 1. The fourth-order valence-corrected chi connectivity index (χ4v) is 3.64. The van der Waals surface area contributed by atoms with Crippen LogP contribution in [-0.4, -0.2) is 46.9 Å². The summed E-state index contributed by atoms with van der Waals surface area (Å²) >= 11 is 0. The number of hydrogen-bond donors (Lipinski definition) is 2. The quantitative estimate of drug-likeness (QED) is 0.225. The van der Waals surface area contributed by atoms with Crippen molar-refractivity contribution >= 4 is 17.8 Å². The molecule has 0 aliphatic rings. The molecule has 0 aliphatic carbocycles. The van der Waals surface area contributed by atoms with Gasteiger partial charge in [-0.2, -0.15) is 0 Å².